The molecule has 2 atom stereocenters. The van der Waals surface area contributed by atoms with Crippen LogP contribution in [-0.4, -0.2) is 0 Å². The largest absolute Gasteiger partial charge is 0.0995 e. The smallest absolute Gasteiger partial charge is 0.00653 e. The zero-order valence-electron chi connectivity index (χ0n) is 20.2. The number of hydrogen-bond acceptors (Lipinski definition) is 0. The average molecular weight is 419 g/mol. The second kappa shape index (κ2) is 11.0. The normalized spacial score (nSPS) is 23.5. The summed E-state index contributed by atoms with van der Waals surface area (Å²) in [6.45, 7) is 12.0. The lowest BCUT2D eigenvalue weighted by Gasteiger charge is -2.42. The quantitative estimate of drug-likeness (QED) is 0.369. The van der Waals surface area contributed by atoms with Gasteiger partial charge in [-0.15, -0.1) is 0 Å². The third-order valence-electron chi connectivity index (χ3n) is 9.09. The zero-order chi connectivity index (χ0) is 21.6. The SMILES string of the molecule is C=C(CC1CCCCC1)C(C1CCCC1)C(C(=C)c1ccccc1C)C1CCCCC1. The Kier molecular flexibility index (Phi) is 8.13. The molecule has 3 aliphatic carbocycles. The van der Waals surface area contributed by atoms with Gasteiger partial charge < -0.3 is 0 Å². The Morgan fingerprint density at radius 1 is 0.742 bits per heavy atom. The van der Waals surface area contributed by atoms with Crippen molar-refractivity contribution in [3.63, 3.8) is 0 Å². The van der Waals surface area contributed by atoms with E-state index in [0.717, 1.165) is 17.8 Å². The molecule has 0 nitrogen and oxygen atoms in total. The molecule has 0 amide bonds. The molecule has 0 aliphatic heterocycles. The van der Waals surface area contributed by atoms with E-state index in [1.807, 2.05) is 0 Å². The molecule has 0 heteroatoms. The van der Waals surface area contributed by atoms with Crippen molar-refractivity contribution in [2.24, 2.45) is 29.6 Å². The number of rotatable bonds is 8. The predicted octanol–water partition coefficient (Wildman–Crippen LogP) is 9.54. The highest BCUT2D eigenvalue weighted by molar-refractivity contribution is 5.69. The second-order valence-electron chi connectivity index (χ2n) is 11.2. The Bertz CT molecular complexity index is 722. The van der Waals surface area contributed by atoms with Gasteiger partial charge in [-0.3, -0.25) is 0 Å². The van der Waals surface area contributed by atoms with E-state index in [9.17, 15) is 0 Å². The van der Waals surface area contributed by atoms with Crippen molar-refractivity contribution in [1.29, 1.82) is 0 Å². The summed E-state index contributed by atoms with van der Waals surface area (Å²) < 4.78 is 0. The molecule has 0 radical (unpaired) electrons. The maximum Gasteiger partial charge on any atom is -0.00653 e. The standard InChI is InChI=1S/C31H46/c1-23-14-10-13-21-29(23)25(3)31(28-17-8-5-9-18-28)30(27-19-11-12-20-27)24(2)22-26-15-6-4-7-16-26/h10,13-14,21,26-28,30-31H,2-9,11-12,15-20,22H2,1H3. The van der Waals surface area contributed by atoms with Crippen LogP contribution in [0.15, 0.2) is 43.0 Å². The third-order valence-corrected chi connectivity index (χ3v) is 9.09. The number of aryl methyl sites for hydroxylation is 1. The molecule has 31 heavy (non-hydrogen) atoms. The van der Waals surface area contributed by atoms with Crippen LogP contribution in [0.1, 0.15) is 107 Å². The molecule has 1 aromatic rings. The highest BCUT2D eigenvalue weighted by Crippen LogP contribution is 2.51. The van der Waals surface area contributed by atoms with Gasteiger partial charge in [0, 0.05) is 0 Å². The van der Waals surface area contributed by atoms with E-state index in [2.05, 4.69) is 31.2 Å². The van der Waals surface area contributed by atoms with Gasteiger partial charge in [0.25, 0.3) is 0 Å². The molecule has 0 aromatic heterocycles. The Morgan fingerprint density at radius 3 is 1.87 bits per heavy atom. The molecular formula is C31H46. The summed E-state index contributed by atoms with van der Waals surface area (Å²) in [4.78, 5) is 0. The van der Waals surface area contributed by atoms with Gasteiger partial charge in [0.05, 0.1) is 0 Å². The molecule has 2 unspecified atom stereocenters. The molecule has 0 bridgehead atoms. The van der Waals surface area contributed by atoms with Crippen molar-refractivity contribution in [2.45, 2.75) is 103 Å². The Labute approximate surface area is 192 Å². The van der Waals surface area contributed by atoms with Crippen molar-refractivity contribution >= 4 is 5.57 Å². The van der Waals surface area contributed by atoms with E-state index in [4.69, 9.17) is 13.2 Å². The van der Waals surface area contributed by atoms with Crippen LogP contribution in [-0.2, 0) is 0 Å². The molecule has 0 heterocycles. The lowest BCUT2D eigenvalue weighted by Crippen LogP contribution is -2.32. The van der Waals surface area contributed by atoms with Gasteiger partial charge in [-0.2, -0.15) is 0 Å². The minimum Gasteiger partial charge on any atom is -0.0995 e. The topological polar surface area (TPSA) is 0 Å². The molecular weight excluding hydrogens is 372 g/mol. The van der Waals surface area contributed by atoms with Gasteiger partial charge >= 0.3 is 0 Å². The molecule has 3 fully saturated rings. The molecule has 3 aliphatic rings. The fraction of sp³-hybridized carbons (Fsp3) is 0.677. The minimum atomic E-state index is 0.598. The average Bonchev–Trinajstić information content (AvgIpc) is 3.33. The monoisotopic (exact) mass is 418 g/mol. The van der Waals surface area contributed by atoms with Crippen molar-refractivity contribution in [1.82, 2.24) is 0 Å². The van der Waals surface area contributed by atoms with Crippen LogP contribution in [0, 0.1) is 36.5 Å². The first-order valence-electron chi connectivity index (χ1n) is 13.6. The molecule has 3 saturated carbocycles. The zero-order valence-corrected chi connectivity index (χ0v) is 20.2. The molecule has 170 valence electrons. The van der Waals surface area contributed by atoms with Gasteiger partial charge in [-0.25, -0.2) is 0 Å². The van der Waals surface area contributed by atoms with Gasteiger partial charge in [0.2, 0.25) is 0 Å². The summed E-state index contributed by atoms with van der Waals surface area (Å²) in [5, 5.41) is 0. The lowest BCUT2D eigenvalue weighted by atomic mass is 9.62. The van der Waals surface area contributed by atoms with E-state index >= 15 is 0 Å². The van der Waals surface area contributed by atoms with Crippen molar-refractivity contribution in [3.8, 4) is 0 Å². The van der Waals surface area contributed by atoms with Crippen LogP contribution in [0.5, 0.6) is 0 Å². The van der Waals surface area contributed by atoms with E-state index in [1.54, 1.807) is 5.57 Å². The highest BCUT2D eigenvalue weighted by Gasteiger charge is 2.40. The van der Waals surface area contributed by atoms with Crippen LogP contribution in [0.4, 0.5) is 0 Å². The summed E-state index contributed by atoms with van der Waals surface area (Å²) in [6, 6.07) is 9.01. The highest BCUT2D eigenvalue weighted by atomic mass is 14.4. The van der Waals surface area contributed by atoms with Crippen LogP contribution in [0.3, 0.4) is 0 Å². The van der Waals surface area contributed by atoms with Crippen LogP contribution >= 0.6 is 0 Å². The summed E-state index contributed by atoms with van der Waals surface area (Å²) in [7, 11) is 0. The fourth-order valence-electron chi connectivity index (χ4n) is 7.50. The predicted molar refractivity (Wildman–Crippen MR) is 136 cm³/mol. The fourth-order valence-corrected chi connectivity index (χ4v) is 7.50. The summed E-state index contributed by atoms with van der Waals surface area (Å²) in [5.41, 5.74) is 5.86. The number of hydrogen-bond donors (Lipinski definition) is 0. The molecule has 0 spiro atoms. The van der Waals surface area contributed by atoms with E-state index in [-0.39, 0.29) is 0 Å². The lowest BCUT2D eigenvalue weighted by molar-refractivity contribution is 0.192. The molecule has 4 rings (SSSR count). The van der Waals surface area contributed by atoms with Crippen LogP contribution in [0.2, 0.25) is 0 Å². The van der Waals surface area contributed by atoms with Gasteiger partial charge in [-0.05, 0) is 85.3 Å². The van der Waals surface area contributed by atoms with Crippen molar-refractivity contribution in [2.75, 3.05) is 0 Å². The summed E-state index contributed by atoms with van der Waals surface area (Å²) in [5.74, 6) is 3.78. The Hall–Kier alpha value is -1.30. The third kappa shape index (κ3) is 5.55. The second-order valence-corrected chi connectivity index (χ2v) is 11.2. The summed E-state index contributed by atoms with van der Waals surface area (Å²) >= 11 is 0. The first kappa shape index (κ1) is 22.9. The maximum absolute atomic E-state index is 4.87. The van der Waals surface area contributed by atoms with Gasteiger partial charge in [0.15, 0.2) is 0 Å². The van der Waals surface area contributed by atoms with E-state index in [0.29, 0.717) is 11.8 Å². The Balaban J connectivity index is 1.65. The minimum absolute atomic E-state index is 0.598. The molecule has 0 saturated heterocycles. The van der Waals surface area contributed by atoms with Crippen molar-refractivity contribution < 1.29 is 0 Å². The van der Waals surface area contributed by atoms with E-state index < -0.39 is 0 Å². The maximum atomic E-state index is 4.87. The summed E-state index contributed by atoms with van der Waals surface area (Å²) in [6.07, 6.45) is 21.2. The van der Waals surface area contributed by atoms with Crippen molar-refractivity contribution in [3.05, 3.63) is 54.1 Å². The molecule has 0 N–H and O–H groups in total. The van der Waals surface area contributed by atoms with Crippen LogP contribution < -0.4 is 0 Å². The molecule has 1 aromatic carbocycles. The number of benzene rings is 1. The Morgan fingerprint density at radius 2 is 1.26 bits per heavy atom. The van der Waals surface area contributed by atoms with Crippen LogP contribution in [0.25, 0.3) is 5.57 Å². The first-order valence-corrected chi connectivity index (χ1v) is 13.6. The first-order chi connectivity index (χ1) is 15.1. The van der Waals surface area contributed by atoms with E-state index in [1.165, 1.54) is 113 Å². The van der Waals surface area contributed by atoms with Gasteiger partial charge in [-0.1, -0.05) is 107 Å². The van der Waals surface area contributed by atoms with Gasteiger partial charge in [0.1, 0.15) is 0 Å². The number of allylic oxidation sites excluding steroid dienone is 2.